The molecule has 1 unspecified atom stereocenters. The van der Waals surface area contributed by atoms with E-state index >= 15 is 0 Å². The first-order valence-corrected chi connectivity index (χ1v) is 9.16. The summed E-state index contributed by atoms with van der Waals surface area (Å²) in [4.78, 5) is 0. The van der Waals surface area contributed by atoms with Crippen molar-refractivity contribution in [3.8, 4) is 5.75 Å². The lowest BCUT2D eigenvalue weighted by Gasteiger charge is -2.16. The molecule has 0 saturated carbocycles. The van der Waals surface area contributed by atoms with Crippen LogP contribution in [0.15, 0.2) is 27.1 Å². The molecule has 0 amide bonds. The second-order valence-corrected chi connectivity index (χ2v) is 8.97. The zero-order valence-corrected chi connectivity index (χ0v) is 13.4. The minimum absolute atomic E-state index is 0.439. The van der Waals surface area contributed by atoms with E-state index in [9.17, 15) is 0 Å². The average molecular weight is 394 g/mol. The highest BCUT2D eigenvalue weighted by Gasteiger charge is 2.17. The van der Waals surface area contributed by atoms with Crippen molar-refractivity contribution in [2.24, 2.45) is 0 Å². The van der Waals surface area contributed by atoms with Crippen LogP contribution in [-0.4, -0.2) is 6.61 Å². The topological polar surface area (TPSA) is 18.5 Å². The molecule has 7 heteroatoms. The summed E-state index contributed by atoms with van der Waals surface area (Å²) in [6.45, 7) is 2.26. The molecular weight excluding hydrogens is 386 g/mol. The van der Waals surface area contributed by atoms with Gasteiger partial charge in [-0.05, 0) is 64.1 Å². The van der Waals surface area contributed by atoms with E-state index in [1.807, 2.05) is 19.1 Å². The van der Waals surface area contributed by atoms with Crippen LogP contribution < -0.4 is 4.52 Å². The normalized spacial score (nSPS) is 14.7. The Morgan fingerprint density at radius 2 is 2.13 bits per heavy atom. The van der Waals surface area contributed by atoms with Gasteiger partial charge in [-0.2, -0.15) is 0 Å². The van der Waals surface area contributed by atoms with E-state index < -0.39 is 5.84 Å². The van der Waals surface area contributed by atoms with Crippen LogP contribution in [0.4, 0.5) is 0 Å². The summed E-state index contributed by atoms with van der Waals surface area (Å²) < 4.78 is 12.3. The Morgan fingerprint density at radius 3 is 2.67 bits per heavy atom. The van der Waals surface area contributed by atoms with Crippen molar-refractivity contribution < 1.29 is 9.05 Å². The Kier molecular flexibility index (Phi) is 5.57. The highest BCUT2D eigenvalue weighted by atomic mass is 79.9. The fourth-order valence-electron chi connectivity index (χ4n) is 0.847. The summed E-state index contributed by atoms with van der Waals surface area (Å²) in [5, 5.41) is 0. The highest BCUT2D eigenvalue weighted by Crippen LogP contribution is 2.54. The second-order valence-electron chi connectivity index (χ2n) is 2.51. The molecule has 0 N–H and O–H groups in total. The monoisotopic (exact) mass is 392 g/mol. The van der Waals surface area contributed by atoms with Gasteiger partial charge in [-0.3, -0.25) is 0 Å². The van der Waals surface area contributed by atoms with Gasteiger partial charge < -0.3 is 9.05 Å². The van der Waals surface area contributed by atoms with Crippen molar-refractivity contribution in [1.82, 2.24) is 0 Å². The third-order valence-electron chi connectivity index (χ3n) is 1.38. The molecule has 1 atom stereocenters. The van der Waals surface area contributed by atoms with Crippen LogP contribution in [0.3, 0.4) is 0 Å². The molecule has 0 aliphatic carbocycles. The first kappa shape index (κ1) is 13.9. The Bertz CT molecular complexity index is 402. The van der Waals surface area contributed by atoms with Gasteiger partial charge in [0.25, 0.3) is 0 Å². The van der Waals surface area contributed by atoms with Crippen LogP contribution in [0.25, 0.3) is 0 Å². The predicted molar refractivity (Wildman–Crippen MR) is 74.2 cm³/mol. The molecule has 0 aliphatic rings. The van der Waals surface area contributed by atoms with Crippen LogP contribution in [0, 0.1) is 0 Å². The number of hydrogen-bond acceptors (Lipinski definition) is 3. The molecule has 0 fully saturated rings. The summed E-state index contributed by atoms with van der Waals surface area (Å²) in [5.41, 5.74) is 0. The third-order valence-corrected chi connectivity index (χ3v) is 4.52. The van der Waals surface area contributed by atoms with E-state index in [1.54, 1.807) is 6.07 Å². The smallest absolute Gasteiger partial charge is 0.332 e. The van der Waals surface area contributed by atoms with Gasteiger partial charge in [-0.25, -0.2) is 0 Å². The largest absolute Gasteiger partial charge is 0.432 e. The van der Waals surface area contributed by atoms with Crippen LogP contribution in [0.1, 0.15) is 6.92 Å². The average Bonchev–Trinajstić information content (AvgIpc) is 2.09. The lowest BCUT2D eigenvalue weighted by molar-refractivity contribution is 0.343. The fraction of sp³-hybridized carbons (Fsp3) is 0.250. The first-order valence-electron chi connectivity index (χ1n) is 4.03. The van der Waals surface area contributed by atoms with Crippen molar-refractivity contribution in [2.45, 2.75) is 6.92 Å². The number of hydrogen-bond donors (Lipinski definition) is 0. The van der Waals surface area contributed by atoms with Gasteiger partial charge in [0.1, 0.15) is 5.75 Å². The van der Waals surface area contributed by atoms with Crippen molar-refractivity contribution in [3.05, 3.63) is 27.1 Å². The number of halogens is 3. The molecule has 0 radical (unpaired) electrons. The highest BCUT2D eigenvalue weighted by molar-refractivity contribution is 9.11. The van der Waals surface area contributed by atoms with Crippen molar-refractivity contribution in [1.29, 1.82) is 0 Å². The Hall–Kier alpha value is 0.880. The summed E-state index contributed by atoms with van der Waals surface area (Å²) >= 11 is 17.6. The van der Waals surface area contributed by atoms with E-state index in [0.717, 1.165) is 8.95 Å². The van der Waals surface area contributed by atoms with Crippen molar-refractivity contribution in [2.75, 3.05) is 6.61 Å². The van der Waals surface area contributed by atoms with Crippen LogP contribution >= 0.6 is 48.9 Å². The Morgan fingerprint density at radius 1 is 1.47 bits per heavy atom. The van der Waals surface area contributed by atoms with Crippen molar-refractivity contribution in [3.63, 3.8) is 0 Å². The van der Waals surface area contributed by atoms with Crippen LogP contribution in [-0.2, 0) is 16.3 Å². The molecule has 1 aromatic carbocycles. The maximum Gasteiger partial charge on any atom is 0.332 e. The molecule has 1 rings (SSSR count). The molecule has 0 bridgehead atoms. The summed E-state index contributed by atoms with van der Waals surface area (Å²) in [5.74, 6) is -2.11. The molecular formula is C8H8Br2ClO2PS. The van der Waals surface area contributed by atoms with E-state index in [2.05, 4.69) is 31.9 Å². The summed E-state index contributed by atoms with van der Waals surface area (Å²) in [6.07, 6.45) is 0. The second kappa shape index (κ2) is 5.99. The van der Waals surface area contributed by atoms with Gasteiger partial charge in [0.15, 0.2) is 0 Å². The SMILES string of the molecule is CCOP(=S)(Cl)Oc1ccc(Br)cc1Br. The number of rotatable bonds is 4. The molecule has 84 valence electrons. The molecule has 2 nitrogen and oxygen atoms in total. The lowest BCUT2D eigenvalue weighted by atomic mass is 10.3. The lowest BCUT2D eigenvalue weighted by Crippen LogP contribution is -1.92. The van der Waals surface area contributed by atoms with Crippen LogP contribution in [0.2, 0.25) is 0 Å². The summed E-state index contributed by atoms with van der Waals surface area (Å²) in [6, 6.07) is 5.47. The zero-order chi connectivity index (χ0) is 11.5. The molecule has 0 spiro atoms. The van der Waals surface area contributed by atoms with Crippen LogP contribution in [0.5, 0.6) is 5.75 Å². The Balaban J connectivity index is 2.85. The molecule has 0 aliphatic heterocycles. The molecule has 15 heavy (non-hydrogen) atoms. The van der Waals surface area contributed by atoms with Gasteiger partial charge in [0, 0.05) is 4.47 Å². The van der Waals surface area contributed by atoms with Gasteiger partial charge >= 0.3 is 5.84 Å². The van der Waals surface area contributed by atoms with E-state index in [1.165, 1.54) is 0 Å². The van der Waals surface area contributed by atoms with Gasteiger partial charge in [-0.1, -0.05) is 15.9 Å². The minimum atomic E-state index is -2.70. The van der Waals surface area contributed by atoms with E-state index in [-0.39, 0.29) is 0 Å². The third kappa shape index (κ3) is 4.72. The zero-order valence-electron chi connectivity index (χ0n) is 7.75. The fourth-order valence-corrected chi connectivity index (χ4v) is 3.93. The quantitative estimate of drug-likeness (QED) is 0.663. The Labute approximate surface area is 116 Å². The molecule has 1 aromatic rings. The number of benzene rings is 1. The molecule has 0 saturated heterocycles. The maximum atomic E-state index is 5.93. The predicted octanol–water partition coefficient (Wildman–Crippen LogP) is 5.09. The van der Waals surface area contributed by atoms with E-state index in [4.69, 9.17) is 32.1 Å². The maximum absolute atomic E-state index is 5.93. The van der Waals surface area contributed by atoms with Gasteiger partial charge in [0.2, 0.25) is 0 Å². The standard InChI is InChI=1S/C8H8Br2ClO2PS/c1-2-12-14(11,15)13-8-4-3-6(9)5-7(8)10/h3-5H,2H2,1H3. The molecule has 0 aromatic heterocycles. The van der Waals surface area contributed by atoms with Gasteiger partial charge in [-0.15, -0.1) is 0 Å². The summed E-state index contributed by atoms with van der Waals surface area (Å²) in [7, 11) is 0. The van der Waals surface area contributed by atoms with E-state index in [0.29, 0.717) is 12.4 Å². The minimum Gasteiger partial charge on any atom is -0.432 e. The first-order chi connectivity index (χ1) is 6.94. The molecule has 0 heterocycles. The van der Waals surface area contributed by atoms with Gasteiger partial charge in [0.05, 0.1) is 11.1 Å². The van der Waals surface area contributed by atoms with Crippen molar-refractivity contribution >= 4 is 60.8 Å².